The molecule has 0 radical (unpaired) electrons. The lowest BCUT2D eigenvalue weighted by molar-refractivity contribution is 0.376. The van der Waals surface area contributed by atoms with E-state index in [4.69, 9.17) is 8.71 Å². The molecular formula is C18H17NO4S. The Labute approximate surface area is 141 Å². The van der Waals surface area contributed by atoms with Gasteiger partial charge in [0, 0.05) is 12.0 Å². The molecule has 6 heteroatoms. The van der Waals surface area contributed by atoms with E-state index in [9.17, 15) is 8.42 Å². The van der Waals surface area contributed by atoms with E-state index in [1.54, 1.807) is 18.2 Å². The van der Waals surface area contributed by atoms with Gasteiger partial charge in [0.2, 0.25) is 5.75 Å². The second-order valence-electron chi connectivity index (χ2n) is 5.25. The standard InChI is InChI=1S/C18H17NO4S/c1-2-9-16-18(17(19-22-16)14-10-5-3-6-11-14)23-24(20,21)15-12-7-4-8-13-15/h3-8,10-13H,2,9H2,1H3. The quantitative estimate of drug-likeness (QED) is 0.631. The molecule has 0 aliphatic rings. The van der Waals surface area contributed by atoms with Gasteiger partial charge in [-0.05, 0) is 18.6 Å². The van der Waals surface area contributed by atoms with Crippen molar-refractivity contribution in [2.75, 3.05) is 0 Å². The Hall–Kier alpha value is -2.60. The van der Waals surface area contributed by atoms with Crippen molar-refractivity contribution in [3.05, 3.63) is 66.4 Å². The van der Waals surface area contributed by atoms with Crippen LogP contribution in [0.3, 0.4) is 0 Å². The van der Waals surface area contributed by atoms with E-state index in [-0.39, 0.29) is 10.6 Å². The van der Waals surface area contributed by atoms with E-state index in [1.165, 1.54) is 12.1 Å². The maximum atomic E-state index is 12.5. The Balaban J connectivity index is 2.05. The highest BCUT2D eigenvalue weighted by Crippen LogP contribution is 2.35. The van der Waals surface area contributed by atoms with Crippen LogP contribution in [0.25, 0.3) is 11.3 Å². The highest BCUT2D eigenvalue weighted by atomic mass is 32.2. The minimum Gasteiger partial charge on any atom is -0.373 e. The summed E-state index contributed by atoms with van der Waals surface area (Å²) < 4.78 is 35.8. The number of nitrogens with zero attached hydrogens (tertiary/aromatic N) is 1. The van der Waals surface area contributed by atoms with Gasteiger partial charge in [-0.25, -0.2) is 0 Å². The fourth-order valence-electron chi connectivity index (χ4n) is 2.31. The maximum absolute atomic E-state index is 12.5. The number of aryl methyl sites for hydroxylation is 1. The van der Waals surface area contributed by atoms with E-state index < -0.39 is 10.1 Å². The molecule has 0 unspecified atom stereocenters. The van der Waals surface area contributed by atoms with Gasteiger partial charge in [0.25, 0.3) is 0 Å². The summed E-state index contributed by atoms with van der Waals surface area (Å²) in [5.41, 5.74) is 1.13. The van der Waals surface area contributed by atoms with Gasteiger partial charge in [-0.3, -0.25) is 0 Å². The molecule has 2 aromatic carbocycles. The summed E-state index contributed by atoms with van der Waals surface area (Å²) in [5.74, 6) is 0.586. The summed E-state index contributed by atoms with van der Waals surface area (Å²) >= 11 is 0. The van der Waals surface area contributed by atoms with Gasteiger partial charge in [0.05, 0.1) is 0 Å². The molecule has 1 aromatic heterocycles. The zero-order valence-corrected chi connectivity index (χ0v) is 14.0. The van der Waals surface area contributed by atoms with Gasteiger partial charge in [0.1, 0.15) is 4.90 Å². The van der Waals surface area contributed by atoms with Crippen LogP contribution in [-0.4, -0.2) is 13.6 Å². The van der Waals surface area contributed by atoms with Gasteiger partial charge in [0.15, 0.2) is 11.5 Å². The molecule has 0 saturated heterocycles. The predicted molar refractivity (Wildman–Crippen MR) is 90.2 cm³/mol. The first-order valence-electron chi connectivity index (χ1n) is 7.65. The van der Waals surface area contributed by atoms with Crippen LogP contribution in [0.1, 0.15) is 19.1 Å². The van der Waals surface area contributed by atoms with Crippen molar-refractivity contribution in [3.63, 3.8) is 0 Å². The number of hydrogen-bond donors (Lipinski definition) is 0. The molecule has 1 heterocycles. The molecule has 0 saturated carbocycles. The second-order valence-corrected chi connectivity index (χ2v) is 6.80. The van der Waals surface area contributed by atoms with Crippen molar-refractivity contribution in [2.24, 2.45) is 0 Å². The number of rotatable bonds is 6. The van der Waals surface area contributed by atoms with Gasteiger partial charge in [-0.1, -0.05) is 60.6 Å². The number of aromatic nitrogens is 1. The zero-order chi connectivity index (χ0) is 17.0. The molecular weight excluding hydrogens is 326 g/mol. The van der Waals surface area contributed by atoms with Crippen molar-refractivity contribution in [1.29, 1.82) is 0 Å². The van der Waals surface area contributed by atoms with Crippen molar-refractivity contribution < 1.29 is 17.1 Å². The summed E-state index contributed by atoms with van der Waals surface area (Å²) in [4.78, 5) is 0.0904. The Bertz CT molecular complexity index is 903. The van der Waals surface area contributed by atoms with Crippen LogP contribution in [0.4, 0.5) is 0 Å². The lowest BCUT2D eigenvalue weighted by Crippen LogP contribution is -2.10. The molecule has 124 valence electrons. The monoisotopic (exact) mass is 343 g/mol. The van der Waals surface area contributed by atoms with Crippen LogP contribution in [0, 0.1) is 0 Å². The van der Waals surface area contributed by atoms with E-state index in [0.717, 1.165) is 12.0 Å². The largest absolute Gasteiger partial charge is 0.373 e. The molecule has 0 atom stereocenters. The third-order valence-electron chi connectivity index (χ3n) is 3.46. The molecule has 0 amide bonds. The maximum Gasteiger partial charge on any atom is 0.339 e. The van der Waals surface area contributed by atoms with E-state index >= 15 is 0 Å². The van der Waals surface area contributed by atoms with E-state index in [2.05, 4.69) is 5.16 Å². The highest BCUT2D eigenvalue weighted by molar-refractivity contribution is 7.87. The third kappa shape index (κ3) is 3.33. The van der Waals surface area contributed by atoms with Crippen molar-refractivity contribution in [2.45, 2.75) is 24.7 Å². The predicted octanol–water partition coefficient (Wildman–Crippen LogP) is 4.06. The Morgan fingerprint density at radius 1 is 1.00 bits per heavy atom. The Kier molecular flexibility index (Phi) is 4.66. The smallest absolute Gasteiger partial charge is 0.339 e. The Morgan fingerprint density at radius 2 is 1.62 bits per heavy atom. The first kappa shape index (κ1) is 16.3. The van der Waals surface area contributed by atoms with Gasteiger partial charge in [-0.2, -0.15) is 8.42 Å². The molecule has 24 heavy (non-hydrogen) atoms. The first-order chi connectivity index (χ1) is 11.6. The summed E-state index contributed by atoms with van der Waals surface area (Å²) in [7, 11) is -3.95. The fourth-order valence-corrected chi connectivity index (χ4v) is 3.29. The molecule has 0 spiro atoms. The lowest BCUT2D eigenvalue weighted by atomic mass is 10.1. The van der Waals surface area contributed by atoms with E-state index in [0.29, 0.717) is 17.9 Å². The minimum absolute atomic E-state index is 0.0904. The van der Waals surface area contributed by atoms with Crippen LogP contribution < -0.4 is 4.18 Å². The van der Waals surface area contributed by atoms with Gasteiger partial charge >= 0.3 is 10.1 Å². The molecule has 0 aliphatic carbocycles. The number of hydrogen-bond acceptors (Lipinski definition) is 5. The molecule has 0 N–H and O–H groups in total. The molecule has 0 bridgehead atoms. The van der Waals surface area contributed by atoms with Gasteiger partial charge in [-0.15, -0.1) is 0 Å². The topological polar surface area (TPSA) is 69.4 Å². The summed E-state index contributed by atoms with van der Waals surface area (Å²) in [6.45, 7) is 1.97. The van der Waals surface area contributed by atoms with Crippen LogP contribution in [0.15, 0.2) is 70.1 Å². The zero-order valence-electron chi connectivity index (χ0n) is 13.2. The number of benzene rings is 2. The van der Waals surface area contributed by atoms with Crippen molar-refractivity contribution >= 4 is 10.1 Å². The second kappa shape index (κ2) is 6.88. The molecule has 0 fully saturated rings. The summed E-state index contributed by atoms with van der Waals surface area (Å²) in [5, 5.41) is 4.02. The normalized spacial score (nSPS) is 11.4. The van der Waals surface area contributed by atoms with Crippen LogP contribution >= 0.6 is 0 Å². The van der Waals surface area contributed by atoms with Crippen LogP contribution in [-0.2, 0) is 16.5 Å². The summed E-state index contributed by atoms with van der Waals surface area (Å²) in [6, 6.07) is 17.2. The van der Waals surface area contributed by atoms with Crippen molar-refractivity contribution in [1.82, 2.24) is 5.16 Å². The SMILES string of the molecule is CCCc1onc(-c2ccccc2)c1OS(=O)(=O)c1ccccc1. The minimum atomic E-state index is -3.95. The summed E-state index contributed by atoms with van der Waals surface area (Å²) in [6.07, 6.45) is 1.32. The van der Waals surface area contributed by atoms with Crippen LogP contribution in [0.5, 0.6) is 5.75 Å². The molecule has 3 rings (SSSR count). The lowest BCUT2D eigenvalue weighted by Gasteiger charge is -2.08. The average Bonchev–Trinajstić information content (AvgIpc) is 2.99. The first-order valence-corrected chi connectivity index (χ1v) is 9.06. The van der Waals surface area contributed by atoms with Gasteiger partial charge < -0.3 is 8.71 Å². The Morgan fingerprint density at radius 3 is 2.25 bits per heavy atom. The van der Waals surface area contributed by atoms with Crippen molar-refractivity contribution in [3.8, 4) is 17.0 Å². The molecule has 3 aromatic rings. The van der Waals surface area contributed by atoms with Crippen LogP contribution in [0.2, 0.25) is 0 Å². The third-order valence-corrected chi connectivity index (χ3v) is 4.70. The van der Waals surface area contributed by atoms with E-state index in [1.807, 2.05) is 37.3 Å². The fraction of sp³-hybridized carbons (Fsp3) is 0.167. The highest BCUT2D eigenvalue weighted by Gasteiger charge is 2.25. The average molecular weight is 343 g/mol. The molecule has 0 aliphatic heterocycles. The molecule has 5 nitrogen and oxygen atoms in total.